The van der Waals surface area contributed by atoms with Crippen LogP contribution in [0.4, 0.5) is 10.5 Å². The number of amides is 4. The molecule has 0 unspecified atom stereocenters. The van der Waals surface area contributed by atoms with E-state index in [0.717, 1.165) is 0 Å². The van der Waals surface area contributed by atoms with E-state index >= 15 is 0 Å². The predicted octanol–water partition coefficient (Wildman–Crippen LogP) is 1.45. The zero-order valence-electron chi connectivity index (χ0n) is 16.5. The number of imide groups is 1. The Labute approximate surface area is 164 Å². The van der Waals surface area contributed by atoms with Crippen molar-refractivity contribution in [2.75, 3.05) is 66.1 Å². The highest BCUT2D eigenvalue weighted by molar-refractivity contribution is 6.21. The molecule has 1 aliphatic rings. The Morgan fingerprint density at radius 1 is 0.964 bits per heavy atom. The van der Waals surface area contributed by atoms with Gasteiger partial charge in [-0.15, -0.1) is 0 Å². The number of carbonyl (C=O) groups excluding carboxylic acids is 3. The van der Waals surface area contributed by atoms with E-state index in [0.29, 0.717) is 62.7 Å². The Kier molecular flexibility index (Phi) is 8.37. The number of nitrogens with zero attached hydrogens (tertiary/aromatic N) is 2. The predicted molar refractivity (Wildman–Crippen MR) is 103 cm³/mol. The third-order valence-electron chi connectivity index (χ3n) is 4.37. The van der Waals surface area contributed by atoms with E-state index in [1.165, 1.54) is 11.0 Å². The first-order chi connectivity index (χ1) is 13.5. The van der Waals surface area contributed by atoms with Crippen LogP contribution in [0.3, 0.4) is 0 Å². The fourth-order valence-electron chi connectivity index (χ4n) is 2.86. The summed E-state index contributed by atoms with van der Waals surface area (Å²) in [6.45, 7) is 2.36. The van der Waals surface area contributed by atoms with Gasteiger partial charge >= 0.3 is 6.03 Å². The van der Waals surface area contributed by atoms with Gasteiger partial charge in [-0.3, -0.25) is 14.5 Å². The topological polar surface area (TPSA) is 97.4 Å². The van der Waals surface area contributed by atoms with Crippen LogP contribution in [-0.2, 0) is 14.2 Å². The lowest BCUT2D eigenvalue weighted by Gasteiger charge is -2.22. The molecule has 4 amide bonds. The molecule has 0 atom stereocenters. The number of urea groups is 1. The summed E-state index contributed by atoms with van der Waals surface area (Å²) >= 11 is 0. The van der Waals surface area contributed by atoms with Gasteiger partial charge in [0.05, 0.1) is 24.3 Å². The number of hydrogen-bond donors (Lipinski definition) is 1. The lowest BCUT2D eigenvalue weighted by molar-refractivity contribution is 0.0638. The second-order valence-corrected chi connectivity index (χ2v) is 6.27. The molecule has 154 valence electrons. The van der Waals surface area contributed by atoms with Gasteiger partial charge in [-0.05, 0) is 24.6 Å². The van der Waals surface area contributed by atoms with Crippen molar-refractivity contribution >= 4 is 23.5 Å². The molecular weight excluding hydrogens is 366 g/mol. The van der Waals surface area contributed by atoms with Gasteiger partial charge in [0, 0.05) is 53.3 Å². The summed E-state index contributed by atoms with van der Waals surface area (Å²) in [4.78, 5) is 40.3. The molecule has 0 radical (unpaired) electrons. The van der Waals surface area contributed by atoms with E-state index in [-0.39, 0.29) is 17.8 Å². The van der Waals surface area contributed by atoms with E-state index in [1.807, 2.05) is 0 Å². The Hall–Kier alpha value is -2.49. The normalized spacial score (nSPS) is 13.0. The zero-order chi connectivity index (χ0) is 20.5. The average molecular weight is 393 g/mol. The van der Waals surface area contributed by atoms with E-state index in [4.69, 9.17) is 14.2 Å². The van der Waals surface area contributed by atoms with E-state index < -0.39 is 0 Å². The van der Waals surface area contributed by atoms with Crippen LogP contribution in [0, 0.1) is 0 Å². The van der Waals surface area contributed by atoms with Crippen molar-refractivity contribution in [3.63, 3.8) is 0 Å². The molecule has 1 aliphatic heterocycles. The molecule has 9 heteroatoms. The molecule has 0 aromatic heterocycles. The molecule has 1 heterocycles. The third kappa shape index (κ3) is 5.28. The van der Waals surface area contributed by atoms with Crippen LogP contribution in [0.2, 0.25) is 0 Å². The van der Waals surface area contributed by atoms with Crippen molar-refractivity contribution in [3.8, 4) is 0 Å². The van der Waals surface area contributed by atoms with Crippen LogP contribution in [0.25, 0.3) is 0 Å². The Bertz CT molecular complexity index is 701. The van der Waals surface area contributed by atoms with Gasteiger partial charge in [0.15, 0.2) is 0 Å². The van der Waals surface area contributed by atoms with Gasteiger partial charge in [0.1, 0.15) is 0 Å². The highest BCUT2D eigenvalue weighted by atomic mass is 16.5. The van der Waals surface area contributed by atoms with Crippen LogP contribution >= 0.6 is 0 Å². The number of ether oxygens (including phenoxy) is 3. The minimum absolute atomic E-state index is 0.292. The van der Waals surface area contributed by atoms with Crippen LogP contribution in [-0.4, -0.2) is 88.4 Å². The summed E-state index contributed by atoms with van der Waals surface area (Å²) in [5.74, 6) is -0.682. The number of anilines is 1. The number of hydrogen-bond acceptors (Lipinski definition) is 6. The molecule has 0 spiro atoms. The van der Waals surface area contributed by atoms with Crippen molar-refractivity contribution < 1.29 is 28.6 Å². The molecule has 0 saturated carbocycles. The SMILES string of the molecule is COCCCN1C(=O)c2ccc(NC(=O)N(CCOC)CCOC)cc2C1=O. The number of benzene rings is 1. The highest BCUT2D eigenvalue weighted by Gasteiger charge is 2.35. The average Bonchev–Trinajstić information content (AvgIpc) is 2.92. The second-order valence-electron chi connectivity index (χ2n) is 6.27. The van der Waals surface area contributed by atoms with E-state index in [9.17, 15) is 14.4 Å². The largest absolute Gasteiger partial charge is 0.385 e. The van der Waals surface area contributed by atoms with Crippen LogP contribution in [0.5, 0.6) is 0 Å². The molecule has 9 nitrogen and oxygen atoms in total. The lowest BCUT2D eigenvalue weighted by atomic mass is 10.1. The fourth-order valence-corrected chi connectivity index (χ4v) is 2.86. The van der Waals surface area contributed by atoms with Crippen LogP contribution in [0.1, 0.15) is 27.1 Å². The van der Waals surface area contributed by atoms with Crippen molar-refractivity contribution in [1.29, 1.82) is 0 Å². The lowest BCUT2D eigenvalue weighted by Crippen LogP contribution is -2.39. The first-order valence-electron chi connectivity index (χ1n) is 9.06. The van der Waals surface area contributed by atoms with E-state index in [2.05, 4.69) is 5.32 Å². The van der Waals surface area contributed by atoms with Crippen molar-refractivity contribution in [3.05, 3.63) is 29.3 Å². The quantitative estimate of drug-likeness (QED) is 0.451. The molecule has 1 N–H and O–H groups in total. The molecule has 28 heavy (non-hydrogen) atoms. The van der Waals surface area contributed by atoms with E-state index in [1.54, 1.807) is 38.4 Å². The number of fused-ring (bicyclic) bond motifs is 1. The van der Waals surface area contributed by atoms with Gasteiger partial charge < -0.3 is 24.4 Å². The standard InChI is InChI=1S/C19H27N3O6/c1-26-10-4-7-22-17(23)15-6-5-14(13-16(15)18(22)24)20-19(25)21(8-11-27-2)9-12-28-3/h5-6,13H,4,7-12H2,1-3H3,(H,20,25). The molecule has 2 rings (SSSR count). The smallest absolute Gasteiger partial charge is 0.321 e. The Balaban J connectivity index is 2.08. The Morgan fingerprint density at radius 2 is 1.57 bits per heavy atom. The van der Waals surface area contributed by atoms with Crippen molar-refractivity contribution in [2.24, 2.45) is 0 Å². The molecule has 0 fully saturated rings. The minimum atomic E-state index is -0.358. The summed E-state index contributed by atoms with van der Waals surface area (Å²) in [5.41, 5.74) is 1.08. The van der Waals surface area contributed by atoms with Gasteiger partial charge in [-0.2, -0.15) is 0 Å². The zero-order valence-corrected chi connectivity index (χ0v) is 16.5. The summed E-state index contributed by atoms with van der Waals surface area (Å²) in [5, 5.41) is 2.77. The van der Waals surface area contributed by atoms with Gasteiger partial charge in [0.25, 0.3) is 11.8 Å². The molecule has 1 aromatic carbocycles. The van der Waals surface area contributed by atoms with Crippen LogP contribution in [0.15, 0.2) is 18.2 Å². The van der Waals surface area contributed by atoms with Gasteiger partial charge in [0.2, 0.25) is 0 Å². The summed E-state index contributed by atoms with van der Waals surface area (Å²) in [7, 11) is 4.70. The monoisotopic (exact) mass is 393 g/mol. The molecule has 0 aliphatic carbocycles. The number of methoxy groups -OCH3 is 3. The summed E-state index contributed by atoms with van der Waals surface area (Å²) < 4.78 is 15.0. The molecule has 0 bridgehead atoms. The minimum Gasteiger partial charge on any atom is -0.385 e. The number of carbonyl (C=O) groups is 3. The molecule has 0 saturated heterocycles. The maximum atomic E-state index is 12.6. The number of nitrogens with one attached hydrogen (secondary N) is 1. The molecule has 1 aromatic rings. The van der Waals surface area contributed by atoms with Crippen LogP contribution < -0.4 is 5.32 Å². The fraction of sp³-hybridized carbons (Fsp3) is 0.526. The third-order valence-corrected chi connectivity index (χ3v) is 4.37. The summed E-state index contributed by atoms with van der Waals surface area (Å²) in [6, 6.07) is 4.39. The first-order valence-corrected chi connectivity index (χ1v) is 9.06. The maximum absolute atomic E-state index is 12.6. The number of rotatable bonds is 11. The first kappa shape index (κ1) is 21.8. The highest BCUT2D eigenvalue weighted by Crippen LogP contribution is 2.26. The van der Waals surface area contributed by atoms with Gasteiger partial charge in [-0.25, -0.2) is 4.79 Å². The maximum Gasteiger partial charge on any atom is 0.321 e. The Morgan fingerprint density at radius 3 is 2.18 bits per heavy atom. The van der Waals surface area contributed by atoms with Crippen molar-refractivity contribution in [1.82, 2.24) is 9.80 Å². The molecular formula is C19H27N3O6. The second kappa shape index (κ2) is 10.7. The van der Waals surface area contributed by atoms with Crippen molar-refractivity contribution in [2.45, 2.75) is 6.42 Å². The van der Waals surface area contributed by atoms with Gasteiger partial charge in [-0.1, -0.05) is 0 Å². The summed E-state index contributed by atoms with van der Waals surface area (Å²) in [6.07, 6.45) is 0.569.